The van der Waals surface area contributed by atoms with Crippen LogP contribution in [-0.2, 0) is 5.41 Å². The molecule has 67 heavy (non-hydrogen) atoms. The summed E-state index contributed by atoms with van der Waals surface area (Å²) >= 11 is 0. The van der Waals surface area contributed by atoms with E-state index in [0.717, 1.165) is 78.6 Å². The minimum atomic E-state index is -3.16. The average molecular weight is 879 g/mol. The zero-order valence-electron chi connectivity index (χ0n) is 36.9. The highest BCUT2D eigenvalue weighted by Crippen LogP contribution is 2.47. The van der Waals surface area contributed by atoms with Crippen molar-refractivity contribution in [3.63, 3.8) is 0 Å². The maximum Gasteiger partial charge on any atom is 0.220 e. The zero-order valence-corrected chi connectivity index (χ0v) is 37.9. The summed E-state index contributed by atoms with van der Waals surface area (Å²) < 4.78 is 16.4. The molecule has 4 aromatic heterocycles. The molecule has 14 rings (SSSR count). The fourth-order valence-corrected chi connectivity index (χ4v) is 16.3. The summed E-state index contributed by atoms with van der Waals surface area (Å²) in [7, 11) is -3.16. The van der Waals surface area contributed by atoms with Crippen molar-refractivity contribution in [1.29, 1.82) is 0 Å². The molecule has 0 fully saturated rings. The zero-order chi connectivity index (χ0) is 44.4. The summed E-state index contributed by atoms with van der Waals surface area (Å²) in [5.74, 6) is 3.59. The molecule has 8 heteroatoms. The fraction of sp³-hybridized carbons (Fsp3) is 0.0508. The van der Waals surface area contributed by atoms with Gasteiger partial charge in [0.2, 0.25) is 11.6 Å². The van der Waals surface area contributed by atoms with Gasteiger partial charge in [-0.15, -0.1) is 0 Å². The van der Waals surface area contributed by atoms with E-state index in [1.807, 2.05) is 0 Å². The van der Waals surface area contributed by atoms with Gasteiger partial charge in [0.05, 0.1) is 49.8 Å². The minimum absolute atomic E-state index is 0.281. The summed E-state index contributed by atoms with van der Waals surface area (Å²) in [6.07, 6.45) is 0. The van der Waals surface area contributed by atoms with Crippen molar-refractivity contribution in [3.8, 4) is 22.9 Å². The van der Waals surface area contributed by atoms with E-state index in [-0.39, 0.29) is 5.41 Å². The van der Waals surface area contributed by atoms with Crippen molar-refractivity contribution in [2.75, 3.05) is 0 Å². The molecule has 0 unspecified atom stereocenters. The predicted molar refractivity (Wildman–Crippen MR) is 275 cm³/mol. The van der Waals surface area contributed by atoms with Crippen LogP contribution in [-0.4, -0.2) is 36.0 Å². The van der Waals surface area contributed by atoms with Crippen LogP contribution < -0.4 is 25.5 Å². The molecule has 7 nitrogen and oxygen atoms in total. The second kappa shape index (κ2) is 14.0. The van der Waals surface area contributed by atoms with Crippen LogP contribution in [0.15, 0.2) is 218 Å². The Balaban J connectivity index is 1.05. The Morgan fingerprint density at radius 2 is 0.910 bits per heavy atom. The predicted octanol–water partition coefficient (Wildman–Crippen LogP) is 11.0. The van der Waals surface area contributed by atoms with Crippen LogP contribution in [0.3, 0.4) is 0 Å². The van der Waals surface area contributed by atoms with Crippen molar-refractivity contribution in [1.82, 2.24) is 27.9 Å². The number of benzene rings is 9. The number of rotatable bonds is 6. The van der Waals surface area contributed by atoms with Crippen LogP contribution in [0, 0.1) is 0 Å². The summed E-state index contributed by atoms with van der Waals surface area (Å²) in [6.45, 7) is 4.65. The molecule has 318 valence electrons. The van der Waals surface area contributed by atoms with Crippen molar-refractivity contribution in [2.45, 2.75) is 19.3 Å². The van der Waals surface area contributed by atoms with Gasteiger partial charge in [0.25, 0.3) is 0 Å². The van der Waals surface area contributed by atoms with Crippen LogP contribution in [0.4, 0.5) is 0 Å². The van der Waals surface area contributed by atoms with E-state index < -0.39 is 8.07 Å². The number of hydrogen-bond donors (Lipinski definition) is 0. The monoisotopic (exact) mass is 878 g/mol. The third-order valence-electron chi connectivity index (χ3n) is 14.4. The first-order valence-corrected chi connectivity index (χ1v) is 24.9. The first-order chi connectivity index (χ1) is 33.0. The Labute approximate surface area is 387 Å². The van der Waals surface area contributed by atoms with Crippen LogP contribution in [0.1, 0.15) is 25.0 Å². The number of hydrogen-bond acceptors (Lipinski definition) is 3. The van der Waals surface area contributed by atoms with Crippen LogP contribution in [0.2, 0.25) is 0 Å². The molecule has 0 N–H and O–H groups in total. The second-order valence-corrected chi connectivity index (χ2v) is 22.0. The normalized spacial score (nSPS) is 13.5. The highest BCUT2D eigenvalue weighted by Gasteiger charge is 2.47. The minimum Gasteiger partial charge on any atom is -0.457 e. The van der Waals surface area contributed by atoms with Crippen molar-refractivity contribution < 1.29 is 4.74 Å². The van der Waals surface area contributed by atoms with Crippen molar-refractivity contribution in [3.05, 3.63) is 230 Å². The number of para-hydroxylation sites is 8. The van der Waals surface area contributed by atoms with Crippen molar-refractivity contribution >= 4 is 84.5 Å². The van der Waals surface area contributed by atoms with Gasteiger partial charge in [0.1, 0.15) is 11.5 Å². The second-order valence-electron chi connectivity index (χ2n) is 18.2. The van der Waals surface area contributed by atoms with Gasteiger partial charge < -0.3 is 4.74 Å². The van der Waals surface area contributed by atoms with E-state index in [2.05, 4.69) is 250 Å². The van der Waals surface area contributed by atoms with Gasteiger partial charge in [0.15, 0.2) is 8.07 Å². The van der Waals surface area contributed by atoms with E-state index >= 15 is 0 Å². The lowest BCUT2D eigenvalue weighted by Crippen LogP contribution is -2.75. The molecule has 0 bridgehead atoms. The highest BCUT2D eigenvalue weighted by atomic mass is 28.3. The number of nitrogens with zero attached hydrogens (tertiary/aromatic N) is 6. The standard InChI is InChI=1S/C59H42N6OSi/c1-59(2)44-25-9-16-33-54(44)66-56-45(59)26-18-34-55(56)67(41-20-5-3-6-21-41,42-22-7-4-8-23-42)43-24-17-19-39(37-43)62-52-36-35-40(38-53(52)65-49-30-13-11-28-47(49)61-58(62)65)63-50-31-14-15-32-51(50)64-48-29-12-10-27-46(48)60-57(63)64/h3-38H,1-2H3. The number of imidazole rings is 4. The first-order valence-electron chi connectivity index (χ1n) is 22.9. The fourth-order valence-electron chi connectivity index (χ4n) is 11.4. The topological polar surface area (TPSA) is 53.7 Å². The average Bonchev–Trinajstić information content (AvgIpc) is 4.12. The Bertz CT molecular complexity index is 4080. The van der Waals surface area contributed by atoms with Gasteiger partial charge in [-0.05, 0) is 93.5 Å². The molecular formula is C59H42N6OSi. The molecule has 0 amide bonds. The van der Waals surface area contributed by atoms with Gasteiger partial charge in [-0.2, -0.15) is 0 Å². The van der Waals surface area contributed by atoms with E-state index in [1.54, 1.807) is 0 Å². The summed E-state index contributed by atoms with van der Waals surface area (Å²) in [4.78, 5) is 10.6. The molecule has 0 radical (unpaired) electrons. The Morgan fingerprint density at radius 1 is 0.403 bits per heavy atom. The molecule has 0 saturated carbocycles. The quantitative estimate of drug-likeness (QED) is 0.124. The Kier molecular flexibility index (Phi) is 7.92. The maximum absolute atomic E-state index is 7.19. The van der Waals surface area contributed by atoms with E-state index in [4.69, 9.17) is 14.7 Å². The number of ether oxygens (including phenoxy) is 1. The lowest BCUT2D eigenvalue weighted by Gasteiger charge is -2.40. The molecule has 1 aliphatic rings. The molecular weight excluding hydrogens is 837 g/mol. The summed E-state index contributed by atoms with van der Waals surface area (Å²) in [5.41, 5.74) is 12.5. The third kappa shape index (κ3) is 5.21. The molecule has 0 aliphatic carbocycles. The number of aromatic nitrogens is 6. The summed E-state index contributed by atoms with van der Waals surface area (Å²) in [5, 5.41) is 5.03. The Morgan fingerprint density at radius 3 is 1.60 bits per heavy atom. The largest absolute Gasteiger partial charge is 0.457 e. The highest BCUT2D eigenvalue weighted by molar-refractivity contribution is 7.20. The van der Waals surface area contributed by atoms with Gasteiger partial charge in [0, 0.05) is 22.2 Å². The SMILES string of the molecule is CC1(C)c2ccccc2Oc2c1cccc2[Si](c1ccccc1)(c1ccccc1)c1cccc(-n2c3ccc(-n4c5ccccc5n5c6ccccc6nc45)cc3n3c4ccccc4nc23)c1. The molecule has 13 aromatic rings. The molecule has 0 spiro atoms. The molecule has 9 aromatic carbocycles. The van der Waals surface area contributed by atoms with Crippen LogP contribution in [0.5, 0.6) is 11.5 Å². The van der Waals surface area contributed by atoms with E-state index in [0.29, 0.717) is 0 Å². The van der Waals surface area contributed by atoms with Gasteiger partial charge in [-0.3, -0.25) is 17.9 Å². The summed E-state index contributed by atoms with van der Waals surface area (Å²) in [6, 6.07) is 79.1. The molecule has 5 heterocycles. The van der Waals surface area contributed by atoms with E-state index in [9.17, 15) is 0 Å². The van der Waals surface area contributed by atoms with Gasteiger partial charge >= 0.3 is 0 Å². The number of fused-ring (bicyclic) bond motifs is 12. The molecule has 1 aliphatic heterocycles. The molecule has 0 atom stereocenters. The van der Waals surface area contributed by atoms with Crippen LogP contribution in [0.25, 0.3) is 67.1 Å². The van der Waals surface area contributed by atoms with Gasteiger partial charge in [-0.25, -0.2) is 9.97 Å². The Hall–Kier alpha value is -8.46. The molecule has 0 saturated heterocycles. The smallest absolute Gasteiger partial charge is 0.220 e. The first kappa shape index (κ1) is 37.9. The third-order valence-corrected chi connectivity index (χ3v) is 19.1. The van der Waals surface area contributed by atoms with Crippen molar-refractivity contribution in [2.24, 2.45) is 0 Å². The van der Waals surface area contributed by atoms with E-state index in [1.165, 1.54) is 31.9 Å². The van der Waals surface area contributed by atoms with Crippen LogP contribution >= 0.6 is 0 Å². The lowest BCUT2D eigenvalue weighted by molar-refractivity contribution is 0.421. The maximum atomic E-state index is 7.19. The van der Waals surface area contributed by atoms with Gasteiger partial charge in [-0.1, -0.05) is 159 Å². The lowest BCUT2D eigenvalue weighted by atomic mass is 9.76.